The second-order valence-electron chi connectivity index (χ2n) is 5.52. The molecule has 2 fully saturated rings. The van der Waals surface area contributed by atoms with E-state index in [2.05, 4.69) is 18.7 Å². The smallest absolute Gasteiger partial charge is 0.326 e. The predicted molar refractivity (Wildman–Crippen MR) is 68.8 cm³/mol. The summed E-state index contributed by atoms with van der Waals surface area (Å²) in [4.78, 5) is 26.7. The van der Waals surface area contributed by atoms with Gasteiger partial charge in [0.1, 0.15) is 6.04 Å². The Morgan fingerprint density at radius 1 is 1.53 bits per heavy atom. The second kappa shape index (κ2) is 5.88. The van der Waals surface area contributed by atoms with Crippen LogP contribution in [0.25, 0.3) is 0 Å². The largest absolute Gasteiger partial charge is 0.480 e. The fraction of sp³-hybridized carbons (Fsp3) is 0.846. The normalized spacial score (nSPS) is 29.2. The van der Waals surface area contributed by atoms with E-state index in [1.54, 1.807) is 0 Å². The number of rotatable bonds is 4. The summed E-state index contributed by atoms with van der Waals surface area (Å²) >= 11 is 0. The Morgan fingerprint density at radius 2 is 2.26 bits per heavy atom. The molecule has 108 valence electrons. The molecule has 2 heterocycles. The van der Waals surface area contributed by atoms with Crippen molar-refractivity contribution >= 4 is 11.9 Å². The average Bonchev–Trinajstić information content (AvgIpc) is 2.71. The highest BCUT2D eigenvalue weighted by Gasteiger charge is 2.38. The van der Waals surface area contributed by atoms with Gasteiger partial charge in [-0.25, -0.2) is 4.79 Å². The summed E-state index contributed by atoms with van der Waals surface area (Å²) in [6.45, 7) is 6.94. The number of aliphatic carboxylic acids is 1. The van der Waals surface area contributed by atoms with Gasteiger partial charge in [-0.3, -0.25) is 9.69 Å². The van der Waals surface area contributed by atoms with Gasteiger partial charge in [-0.1, -0.05) is 0 Å². The first kappa shape index (κ1) is 14.3. The maximum Gasteiger partial charge on any atom is 0.326 e. The Bertz CT molecular complexity index is 359. The van der Waals surface area contributed by atoms with Crippen LogP contribution >= 0.6 is 0 Å². The van der Waals surface area contributed by atoms with Crippen molar-refractivity contribution in [2.45, 2.75) is 44.9 Å². The van der Waals surface area contributed by atoms with Gasteiger partial charge in [-0.15, -0.1) is 0 Å². The van der Waals surface area contributed by atoms with Crippen LogP contribution in [-0.4, -0.2) is 71.2 Å². The Labute approximate surface area is 113 Å². The molecule has 0 spiro atoms. The van der Waals surface area contributed by atoms with Crippen LogP contribution in [0.3, 0.4) is 0 Å². The van der Waals surface area contributed by atoms with E-state index in [1.165, 1.54) is 4.90 Å². The van der Waals surface area contributed by atoms with Crippen LogP contribution in [0, 0.1) is 0 Å². The minimum absolute atomic E-state index is 0.0716. The lowest BCUT2D eigenvalue weighted by Gasteiger charge is -2.37. The number of carbonyl (C=O) groups excluding carboxylic acids is 1. The monoisotopic (exact) mass is 270 g/mol. The zero-order valence-electron chi connectivity index (χ0n) is 11.5. The third-order valence-corrected chi connectivity index (χ3v) is 3.91. The number of carboxylic acids is 1. The molecule has 1 amide bonds. The molecule has 0 aliphatic carbocycles. The Morgan fingerprint density at radius 3 is 2.89 bits per heavy atom. The summed E-state index contributed by atoms with van der Waals surface area (Å²) in [5.74, 6) is -0.986. The molecule has 2 atom stereocenters. The van der Waals surface area contributed by atoms with E-state index in [-0.39, 0.29) is 12.0 Å². The molecule has 2 saturated heterocycles. The van der Waals surface area contributed by atoms with Crippen molar-refractivity contribution in [3.8, 4) is 0 Å². The van der Waals surface area contributed by atoms with E-state index < -0.39 is 12.0 Å². The summed E-state index contributed by atoms with van der Waals surface area (Å²) in [7, 11) is 0. The van der Waals surface area contributed by atoms with Crippen LogP contribution in [0.15, 0.2) is 0 Å². The summed E-state index contributed by atoms with van der Waals surface area (Å²) < 4.78 is 5.67. The minimum Gasteiger partial charge on any atom is -0.480 e. The van der Waals surface area contributed by atoms with E-state index >= 15 is 0 Å². The first-order chi connectivity index (χ1) is 8.99. The number of hydrogen-bond donors (Lipinski definition) is 1. The lowest BCUT2D eigenvalue weighted by atomic mass is 10.2. The molecular weight excluding hydrogens is 248 g/mol. The molecular formula is C13H22N2O4. The Kier molecular flexibility index (Phi) is 4.42. The first-order valence-electron chi connectivity index (χ1n) is 6.87. The van der Waals surface area contributed by atoms with Crippen LogP contribution in [0.5, 0.6) is 0 Å². The van der Waals surface area contributed by atoms with Gasteiger partial charge in [-0.05, 0) is 20.3 Å². The maximum absolute atomic E-state index is 11.8. The van der Waals surface area contributed by atoms with Crippen molar-refractivity contribution in [3.63, 3.8) is 0 Å². The Balaban J connectivity index is 1.95. The van der Waals surface area contributed by atoms with E-state index in [1.807, 2.05) is 0 Å². The maximum atomic E-state index is 11.8. The molecule has 1 N–H and O–H groups in total. The van der Waals surface area contributed by atoms with Gasteiger partial charge >= 0.3 is 5.97 Å². The van der Waals surface area contributed by atoms with Gasteiger partial charge < -0.3 is 14.7 Å². The average molecular weight is 270 g/mol. The van der Waals surface area contributed by atoms with Crippen LogP contribution in [0.1, 0.15) is 26.7 Å². The van der Waals surface area contributed by atoms with Crippen molar-refractivity contribution in [1.82, 2.24) is 9.80 Å². The number of carbonyl (C=O) groups is 2. The van der Waals surface area contributed by atoms with Crippen LogP contribution in [-0.2, 0) is 14.3 Å². The van der Waals surface area contributed by atoms with Crippen LogP contribution in [0.4, 0.5) is 0 Å². The highest BCUT2D eigenvalue weighted by Crippen LogP contribution is 2.21. The molecule has 6 nitrogen and oxygen atoms in total. The predicted octanol–water partition coefficient (Wildman–Crippen LogP) is 0.171. The lowest BCUT2D eigenvalue weighted by molar-refractivity contribution is -0.148. The molecule has 2 rings (SSSR count). The minimum atomic E-state index is -0.914. The molecule has 19 heavy (non-hydrogen) atoms. The lowest BCUT2D eigenvalue weighted by Crippen LogP contribution is -2.52. The number of morpholine rings is 1. The topological polar surface area (TPSA) is 70.1 Å². The van der Waals surface area contributed by atoms with Crippen LogP contribution in [0.2, 0.25) is 0 Å². The molecule has 6 heteroatoms. The van der Waals surface area contributed by atoms with Crippen molar-refractivity contribution in [1.29, 1.82) is 0 Å². The first-order valence-corrected chi connectivity index (χ1v) is 6.87. The second-order valence-corrected chi connectivity index (χ2v) is 5.52. The molecule has 0 aromatic heterocycles. The highest BCUT2D eigenvalue weighted by molar-refractivity contribution is 5.87. The zero-order chi connectivity index (χ0) is 14.0. The van der Waals surface area contributed by atoms with E-state index in [0.717, 1.165) is 13.1 Å². The summed E-state index contributed by atoms with van der Waals surface area (Å²) in [5.41, 5.74) is 0. The van der Waals surface area contributed by atoms with Gasteiger partial charge in [0.05, 0.1) is 12.7 Å². The number of nitrogens with zero attached hydrogens (tertiary/aromatic N) is 2. The third kappa shape index (κ3) is 3.25. The standard InChI is InChI=1S/C13H22N2O4/c1-9(2)14-5-6-19-10(7-14)8-15-11(13(17)18)3-4-12(15)16/h9-11H,3-8H2,1-2H3,(H,17,18). The molecule has 0 aromatic carbocycles. The molecule has 2 aliphatic heterocycles. The van der Waals surface area contributed by atoms with Gasteiger partial charge in [-0.2, -0.15) is 0 Å². The highest BCUT2D eigenvalue weighted by atomic mass is 16.5. The number of amides is 1. The van der Waals surface area contributed by atoms with Crippen molar-refractivity contribution in [2.24, 2.45) is 0 Å². The molecule has 0 radical (unpaired) electrons. The summed E-state index contributed by atoms with van der Waals surface area (Å²) in [6, 6.07) is -0.235. The quantitative estimate of drug-likeness (QED) is 0.788. The Hall–Kier alpha value is -1.14. The van der Waals surface area contributed by atoms with E-state index in [4.69, 9.17) is 9.84 Å². The van der Waals surface area contributed by atoms with E-state index in [9.17, 15) is 9.59 Å². The summed E-state index contributed by atoms with van der Waals surface area (Å²) in [5, 5.41) is 9.13. The number of likely N-dealkylation sites (tertiary alicyclic amines) is 1. The van der Waals surface area contributed by atoms with Gasteiger partial charge in [0.15, 0.2) is 0 Å². The fourth-order valence-electron chi connectivity index (χ4n) is 2.76. The molecule has 0 bridgehead atoms. The third-order valence-electron chi connectivity index (χ3n) is 3.91. The fourth-order valence-corrected chi connectivity index (χ4v) is 2.76. The van der Waals surface area contributed by atoms with Crippen molar-refractivity contribution < 1.29 is 19.4 Å². The SMILES string of the molecule is CC(C)N1CCOC(CN2C(=O)CCC2C(=O)O)C1. The molecule has 0 aromatic rings. The van der Waals surface area contributed by atoms with Crippen molar-refractivity contribution in [3.05, 3.63) is 0 Å². The van der Waals surface area contributed by atoms with Gasteiger partial charge in [0, 0.05) is 32.1 Å². The molecule has 2 unspecified atom stereocenters. The zero-order valence-corrected chi connectivity index (χ0v) is 11.5. The van der Waals surface area contributed by atoms with Crippen LogP contribution < -0.4 is 0 Å². The number of carboxylic acid groups (broad SMARTS) is 1. The molecule has 0 saturated carbocycles. The van der Waals surface area contributed by atoms with E-state index in [0.29, 0.717) is 32.0 Å². The molecule has 2 aliphatic rings. The van der Waals surface area contributed by atoms with Gasteiger partial charge in [0.25, 0.3) is 0 Å². The van der Waals surface area contributed by atoms with Gasteiger partial charge in [0.2, 0.25) is 5.91 Å². The number of ether oxygens (including phenoxy) is 1. The number of hydrogen-bond acceptors (Lipinski definition) is 4. The van der Waals surface area contributed by atoms with Crippen molar-refractivity contribution in [2.75, 3.05) is 26.2 Å². The summed E-state index contributed by atoms with van der Waals surface area (Å²) in [6.07, 6.45) is 0.659.